The van der Waals surface area contributed by atoms with Gasteiger partial charge in [-0.3, -0.25) is 9.59 Å². The summed E-state index contributed by atoms with van der Waals surface area (Å²) in [6.07, 6.45) is 2.51. The number of Topliss-reactive ketones (excluding diaryl/α,β-unsaturated/α-hetero) is 2. The van der Waals surface area contributed by atoms with Crippen molar-refractivity contribution in [3.05, 3.63) is 65.4 Å². The van der Waals surface area contributed by atoms with Crippen LogP contribution in [0.2, 0.25) is 5.82 Å². The molecule has 130 valence electrons. The highest BCUT2D eigenvalue weighted by atomic mass is 16.5. The van der Waals surface area contributed by atoms with Crippen LogP contribution in [0.3, 0.4) is 0 Å². The van der Waals surface area contributed by atoms with Crippen molar-refractivity contribution >= 4 is 29.6 Å². The average Bonchev–Trinajstić information content (AvgIpc) is 3.09. The van der Waals surface area contributed by atoms with Crippen LogP contribution in [-0.4, -0.2) is 28.7 Å². The molecule has 0 spiro atoms. The van der Waals surface area contributed by atoms with Gasteiger partial charge >= 0.3 is 7.12 Å². The van der Waals surface area contributed by atoms with Crippen molar-refractivity contribution in [3.63, 3.8) is 0 Å². The molecule has 1 aliphatic heterocycles. The van der Waals surface area contributed by atoms with Crippen molar-refractivity contribution in [2.45, 2.75) is 25.6 Å². The molecule has 1 atom stereocenters. The van der Waals surface area contributed by atoms with Crippen molar-refractivity contribution in [1.82, 2.24) is 4.98 Å². The highest BCUT2D eigenvalue weighted by Gasteiger charge is 2.37. The Kier molecular flexibility index (Phi) is 4.13. The molecule has 0 aliphatic carbocycles. The number of para-hydroxylation sites is 1. The number of hydrogen-bond donors (Lipinski definition) is 2. The number of nitrogens with one attached hydrogen (secondary N) is 1. The Hall–Kier alpha value is -2.86. The fourth-order valence-corrected chi connectivity index (χ4v) is 3.51. The molecule has 2 aromatic carbocycles. The lowest BCUT2D eigenvalue weighted by Gasteiger charge is -2.28. The first-order chi connectivity index (χ1) is 12.5. The third-order valence-corrected chi connectivity index (χ3v) is 4.92. The van der Waals surface area contributed by atoms with E-state index in [1.165, 1.54) is 6.92 Å². The number of rotatable bonds is 4. The summed E-state index contributed by atoms with van der Waals surface area (Å²) in [6, 6.07) is 12.8. The van der Waals surface area contributed by atoms with Crippen LogP contribution in [0.25, 0.3) is 10.9 Å². The zero-order chi connectivity index (χ0) is 18.3. The molecule has 5 nitrogen and oxygen atoms in total. The fourth-order valence-electron chi connectivity index (χ4n) is 3.51. The van der Waals surface area contributed by atoms with E-state index in [0.29, 0.717) is 23.3 Å². The number of benzene rings is 2. The number of ketones is 2. The van der Waals surface area contributed by atoms with Gasteiger partial charge < -0.3 is 14.7 Å². The normalized spacial score (nSPS) is 16.2. The zero-order valence-corrected chi connectivity index (χ0v) is 14.4. The molecule has 2 N–H and O–H groups in total. The second-order valence-corrected chi connectivity index (χ2v) is 6.73. The SMILES string of the molecule is CC(=O)c1cccc2c1OB(O)[C@@H](CC(=O)c1ccc3cc[nH]c3c1)C2. The maximum Gasteiger partial charge on any atom is 0.526 e. The molecule has 0 unspecified atom stereocenters. The Morgan fingerprint density at radius 1 is 1.27 bits per heavy atom. The minimum Gasteiger partial charge on any atom is -0.535 e. The molecule has 26 heavy (non-hydrogen) atoms. The van der Waals surface area contributed by atoms with Crippen LogP contribution in [0.1, 0.15) is 39.6 Å². The van der Waals surface area contributed by atoms with Crippen LogP contribution in [0.5, 0.6) is 5.75 Å². The van der Waals surface area contributed by atoms with E-state index in [-0.39, 0.29) is 23.8 Å². The Labute approximate surface area is 151 Å². The van der Waals surface area contributed by atoms with E-state index in [4.69, 9.17) is 4.65 Å². The molecule has 0 bridgehead atoms. The van der Waals surface area contributed by atoms with Gasteiger partial charge in [-0.15, -0.1) is 0 Å². The van der Waals surface area contributed by atoms with Crippen LogP contribution in [0.4, 0.5) is 0 Å². The number of hydrogen-bond acceptors (Lipinski definition) is 4. The van der Waals surface area contributed by atoms with Crippen LogP contribution < -0.4 is 4.65 Å². The Balaban J connectivity index is 1.56. The third-order valence-electron chi connectivity index (χ3n) is 4.92. The van der Waals surface area contributed by atoms with Gasteiger partial charge in [0.05, 0.1) is 5.56 Å². The number of fused-ring (bicyclic) bond motifs is 2. The van der Waals surface area contributed by atoms with Crippen LogP contribution in [0.15, 0.2) is 48.7 Å². The lowest BCUT2D eigenvalue weighted by atomic mass is 9.64. The quantitative estimate of drug-likeness (QED) is 0.560. The summed E-state index contributed by atoms with van der Waals surface area (Å²) in [7, 11) is -1.11. The van der Waals surface area contributed by atoms with Crippen molar-refractivity contribution in [2.24, 2.45) is 0 Å². The first-order valence-electron chi connectivity index (χ1n) is 8.61. The predicted octanol–water partition coefficient (Wildman–Crippen LogP) is 3.43. The highest BCUT2D eigenvalue weighted by molar-refractivity contribution is 6.47. The highest BCUT2D eigenvalue weighted by Crippen LogP contribution is 2.36. The minimum atomic E-state index is -1.11. The molecular formula is C20H18BNO4. The van der Waals surface area contributed by atoms with Gasteiger partial charge in [-0.25, -0.2) is 0 Å². The van der Waals surface area contributed by atoms with E-state index in [1.807, 2.05) is 30.5 Å². The maximum absolute atomic E-state index is 12.7. The molecule has 1 aromatic heterocycles. The molecular weight excluding hydrogens is 329 g/mol. The summed E-state index contributed by atoms with van der Waals surface area (Å²) in [5.74, 6) is -0.0660. The van der Waals surface area contributed by atoms with Gasteiger partial charge in [0.15, 0.2) is 11.6 Å². The van der Waals surface area contributed by atoms with Crippen LogP contribution >= 0.6 is 0 Å². The van der Waals surface area contributed by atoms with Crippen molar-refractivity contribution in [1.29, 1.82) is 0 Å². The van der Waals surface area contributed by atoms with E-state index in [2.05, 4.69) is 4.98 Å². The first kappa shape index (κ1) is 16.6. The Bertz CT molecular complexity index is 1010. The van der Waals surface area contributed by atoms with Gasteiger partial charge in [-0.05, 0) is 42.5 Å². The first-order valence-corrected chi connectivity index (χ1v) is 8.61. The molecule has 4 rings (SSSR count). The second-order valence-electron chi connectivity index (χ2n) is 6.73. The van der Waals surface area contributed by atoms with Gasteiger partial charge in [0.1, 0.15) is 5.75 Å². The topological polar surface area (TPSA) is 79.4 Å². The number of aromatic amines is 1. The second kappa shape index (κ2) is 6.46. The summed E-state index contributed by atoms with van der Waals surface area (Å²) in [5.41, 5.74) is 2.83. The number of carbonyl (C=O) groups excluding carboxylic acids is 2. The van der Waals surface area contributed by atoms with Gasteiger partial charge in [-0.2, -0.15) is 0 Å². The molecule has 0 saturated carbocycles. The monoisotopic (exact) mass is 347 g/mol. The molecule has 6 heteroatoms. The van der Waals surface area contributed by atoms with E-state index in [1.54, 1.807) is 18.2 Å². The Morgan fingerprint density at radius 3 is 2.92 bits per heavy atom. The summed E-state index contributed by atoms with van der Waals surface area (Å²) >= 11 is 0. The number of H-pyrrole nitrogens is 1. The van der Waals surface area contributed by atoms with E-state index in [0.717, 1.165) is 16.5 Å². The lowest BCUT2D eigenvalue weighted by molar-refractivity contribution is 0.0971. The molecule has 0 amide bonds. The maximum atomic E-state index is 12.7. The molecule has 1 aliphatic rings. The molecule has 0 fully saturated rings. The zero-order valence-electron chi connectivity index (χ0n) is 14.4. The fraction of sp³-hybridized carbons (Fsp3) is 0.200. The van der Waals surface area contributed by atoms with Crippen molar-refractivity contribution < 1.29 is 19.3 Å². The van der Waals surface area contributed by atoms with Gasteiger partial charge in [0, 0.05) is 29.5 Å². The summed E-state index contributed by atoms with van der Waals surface area (Å²) < 4.78 is 5.61. The van der Waals surface area contributed by atoms with Gasteiger partial charge in [-0.1, -0.05) is 24.3 Å². The van der Waals surface area contributed by atoms with E-state index >= 15 is 0 Å². The van der Waals surface area contributed by atoms with E-state index < -0.39 is 7.12 Å². The number of aromatic nitrogens is 1. The van der Waals surface area contributed by atoms with Crippen LogP contribution in [0, 0.1) is 0 Å². The molecule has 0 radical (unpaired) electrons. The summed E-state index contributed by atoms with van der Waals surface area (Å²) in [4.78, 5) is 27.5. The predicted molar refractivity (Wildman–Crippen MR) is 99.7 cm³/mol. The molecule has 2 heterocycles. The molecule has 3 aromatic rings. The standard InChI is InChI=1S/C20H18BNO4/c1-12(23)17-4-2-3-15-9-16(21(25)26-20(15)17)11-19(24)14-6-5-13-7-8-22-18(13)10-14/h2-8,10,16,22,25H,9,11H2,1H3/t16-/m1/s1. The largest absolute Gasteiger partial charge is 0.535 e. The molecule has 0 saturated heterocycles. The van der Waals surface area contributed by atoms with Crippen LogP contribution in [-0.2, 0) is 6.42 Å². The summed E-state index contributed by atoms with van der Waals surface area (Å²) in [6.45, 7) is 1.47. The smallest absolute Gasteiger partial charge is 0.526 e. The Morgan fingerprint density at radius 2 is 2.12 bits per heavy atom. The number of carbonyl (C=O) groups is 2. The van der Waals surface area contributed by atoms with Gasteiger partial charge in [0.2, 0.25) is 0 Å². The minimum absolute atomic E-state index is 0.0414. The van der Waals surface area contributed by atoms with Gasteiger partial charge in [0.25, 0.3) is 0 Å². The van der Waals surface area contributed by atoms with Crippen molar-refractivity contribution in [3.8, 4) is 5.75 Å². The van der Waals surface area contributed by atoms with E-state index in [9.17, 15) is 14.6 Å². The average molecular weight is 347 g/mol. The summed E-state index contributed by atoms with van der Waals surface area (Å²) in [5, 5.41) is 11.4. The van der Waals surface area contributed by atoms with Crippen molar-refractivity contribution in [2.75, 3.05) is 0 Å². The lowest BCUT2D eigenvalue weighted by Crippen LogP contribution is -2.35. The third kappa shape index (κ3) is 2.93.